The van der Waals surface area contributed by atoms with E-state index in [0.29, 0.717) is 19.1 Å². The van der Waals surface area contributed by atoms with Crippen molar-refractivity contribution in [1.29, 1.82) is 0 Å². The molecule has 3 rings (SSSR count). The number of hydrogen-bond acceptors (Lipinski definition) is 5. The highest BCUT2D eigenvalue weighted by Crippen LogP contribution is 2.24. The van der Waals surface area contributed by atoms with Gasteiger partial charge in [0.2, 0.25) is 5.91 Å². The lowest BCUT2D eigenvalue weighted by atomic mass is 10.1. The third kappa shape index (κ3) is 3.29. The molecule has 1 amide bonds. The standard InChI is InChI=1S/C15H24N4OS/c1-17-5-6-18(13(8-16)10-17)11-15(20)19-4-2-14-12(9-19)3-7-21-14/h3,7,13H,2,4-6,8-11,16H2,1H3. The number of thiophene rings is 1. The van der Waals surface area contributed by atoms with Crippen molar-refractivity contribution in [3.8, 4) is 0 Å². The lowest BCUT2D eigenvalue weighted by Gasteiger charge is -2.40. The summed E-state index contributed by atoms with van der Waals surface area (Å²) in [5.74, 6) is 0.245. The second-order valence-corrected chi connectivity index (χ2v) is 7.06. The van der Waals surface area contributed by atoms with Crippen molar-refractivity contribution in [1.82, 2.24) is 14.7 Å². The summed E-state index contributed by atoms with van der Waals surface area (Å²) in [5.41, 5.74) is 7.19. The molecule has 2 aliphatic rings. The van der Waals surface area contributed by atoms with Crippen LogP contribution >= 0.6 is 11.3 Å². The molecular weight excluding hydrogens is 284 g/mol. The van der Waals surface area contributed by atoms with Crippen molar-refractivity contribution < 1.29 is 4.79 Å². The zero-order valence-corrected chi connectivity index (χ0v) is 13.4. The zero-order valence-electron chi connectivity index (χ0n) is 12.6. The van der Waals surface area contributed by atoms with Crippen LogP contribution in [0.5, 0.6) is 0 Å². The van der Waals surface area contributed by atoms with Gasteiger partial charge < -0.3 is 15.5 Å². The highest BCUT2D eigenvalue weighted by Gasteiger charge is 2.28. The number of hydrogen-bond donors (Lipinski definition) is 1. The molecule has 0 saturated carbocycles. The SMILES string of the molecule is CN1CCN(CC(=O)N2CCc3sccc3C2)C(CN)C1. The molecule has 1 aromatic heterocycles. The highest BCUT2D eigenvalue weighted by atomic mass is 32.1. The summed E-state index contributed by atoms with van der Waals surface area (Å²) in [6.45, 7) is 5.66. The Morgan fingerprint density at radius 2 is 2.29 bits per heavy atom. The molecule has 5 nitrogen and oxygen atoms in total. The van der Waals surface area contributed by atoms with E-state index in [2.05, 4.69) is 28.3 Å². The average Bonchev–Trinajstić information content (AvgIpc) is 2.96. The molecular formula is C15H24N4OS. The van der Waals surface area contributed by atoms with Crippen LogP contribution in [0.4, 0.5) is 0 Å². The maximum Gasteiger partial charge on any atom is 0.237 e. The minimum absolute atomic E-state index is 0.245. The molecule has 0 spiro atoms. The van der Waals surface area contributed by atoms with E-state index in [9.17, 15) is 4.79 Å². The predicted molar refractivity (Wildman–Crippen MR) is 85.4 cm³/mol. The van der Waals surface area contributed by atoms with Gasteiger partial charge in [-0.05, 0) is 30.5 Å². The van der Waals surface area contributed by atoms with Crippen LogP contribution in [-0.4, -0.2) is 73.0 Å². The summed E-state index contributed by atoms with van der Waals surface area (Å²) >= 11 is 1.81. The minimum Gasteiger partial charge on any atom is -0.337 e. The Balaban J connectivity index is 1.59. The molecule has 0 aliphatic carbocycles. The lowest BCUT2D eigenvalue weighted by Crippen LogP contribution is -2.57. The number of nitrogens with two attached hydrogens (primary N) is 1. The molecule has 1 fully saturated rings. The highest BCUT2D eigenvalue weighted by molar-refractivity contribution is 7.10. The topological polar surface area (TPSA) is 52.8 Å². The lowest BCUT2D eigenvalue weighted by molar-refractivity contribution is -0.134. The average molecular weight is 308 g/mol. The second-order valence-electron chi connectivity index (χ2n) is 6.06. The smallest absolute Gasteiger partial charge is 0.237 e. The third-order valence-electron chi connectivity index (χ3n) is 4.58. The van der Waals surface area contributed by atoms with Gasteiger partial charge in [-0.3, -0.25) is 9.69 Å². The molecule has 2 aliphatic heterocycles. The summed E-state index contributed by atoms with van der Waals surface area (Å²) in [6.07, 6.45) is 1.00. The molecule has 116 valence electrons. The minimum atomic E-state index is 0.245. The van der Waals surface area contributed by atoms with Gasteiger partial charge in [-0.15, -0.1) is 11.3 Å². The molecule has 2 N–H and O–H groups in total. The van der Waals surface area contributed by atoms with Crippen molar-refractivity contribution in [3.05, 3.63) is 21.9 Å². The molecule has 0 aromatic carbocycles. The fourth-order valence-corrected chi connectivity index (χ4v) is 4.10. The molecule has 21 heavy (non-hydrogen) atoms. The number of fused-ring (bicyclic) bond motifs is 1. The van der Waals surface area contributed by atoms with Crippen molar-refractivity contribution >= 4 is 17.2 Å². The van der Waals surface area contributed by atoms with Crippen molar-refractivity contribution in [3.63, 3.8) is 0 Å². The second kappa shape index (κ2) is 6.44. The first-order chi connectivity index (χ1) is 10.2. The Labute approximate surface area is 130 Å². The number of rotatable bonds is 3. The normalized spacial score (nSPS) is 24.1. The van der Waals surface area contributed by atoms with Crippen molar-refractivity contribution in [2.24, 2.45) is 5.73 Å². The Bertz CT molecular complexity index is 504. The van der Waals surface area contributed by atoms with E-state index in [1.54, 1.807) is 0 Å². The maximum absolute atomic E-state index is 12.6. The van der Waals surface area contributed by atoms with Crippen LogP contribution in [-0.2, 0) is 17.8 Å². The van der Waals surface area contributed by atoms with Gasteiger partial charge in [-0.2, -0.15) is 0 Å². The summed E-state index contributed by atoms with van der Waals surface area (Å²) in [5, 5.41) is 2.13. The van der Waals surface area contributed by atoms with E-state index in [0.717, 1.165) is 39.1 Å². The van der Waals surface area contributed by atoms with Crippen molar-refractivity contribution in [2.75, 3.05) is 46.3 Å². The Hall–Kier alpha value is -0.950. The van der Waals surface area contributed by atoms with Gasteiger partial charge in [0.1, 0.15) is 0 Å². The van der Waals surface area contributed by atoms with Gasteiger partial charge in [0, 0.05) is 50.2 Å². The third-order valence-corrected chi connectivity index (χ3v) is 5.60. The van der Waals surface area contributed by atoms with E-state index in [-0.39, 0.29) is 5.91 Å². The number of carbonyl (C=O) groups excluding carboxylic acids is 1. The quantitative estimate of drug-likeness (QED) is 0.867. The zero-order chi connectivity index (χ0) is 14.8. The van der Waals surface area contributed by atoms with Crippen LogP contribution in [0, 0.1) is 0 Å². The molecule has 1 aromatic rings. The van der Waals surface area contributed by atoms with Gasteiger partial charge in [-0.1, -0.05) is 0 Å². The summed E-state index contributed by atoms with van der Waals surface area (Å²) in [4.78, 5) is 20.6. The fourth-order valence-electron chi connectivity index (χ4n) is 3.22. The van der Waals surface area contributed by atoms with E-state index >= 15 is 0 Å². The number of amides is 1. The molecule has 0 bridgehead atoms. The largest absolute Gasteiger partial charge is 0.337 e. The van der Waals surface area contributed by atoms with E-state index in [1.165, 1.54) is 10.4 Å². The van der Waals surface area contributed by atoms with Crippen LogP contribution in [0.2, 0.25) is 0 Å². The predicted octanol–water partition coefficient (Wildman–Crippen LogP) is 0.208. The van der Waals surface area contributed by atoms with E-state index < -0.39 is 0 Å². The molecule has 0 radical (unpaired) electrons. The monoisotopic (exact) mass is 308 g/mol. The fraction of sp³-hybridized carbons (Fsp3) is 0.667. The first kappa shape index (κ1) is 15.0. The van der Waals surface area contributed by atoms with Gasteiger partial charge in [0.25, 0.3) is 0 Å². The van der Waals surface area contributed by atoms with Crippen LogP contribution in [0.1, 0.15) is 10.4 Å². The van der Waals surface area contributed by atoms with Crippen LogP contribution < -0.4 is 5.73 Å². The molecule has 6 heteroatoms. The Morgan fingerprint density at radius 3 is 3.10 bits per heavy atom. The number of likely N-dealkylation sites (N-methyl/N-ethyl adjacent to an activating group) is 1. The number of carbonyl (C=O) groups is 1. The summed E-state index contributed by atoms with van der Waals surface area (Å²) in [7, 11) is 2.12. The van der Waals surface area contributed by atoms with Crippen LogP contribution in [0.3, 0.4) is 0 Å². The Kier molecular flexibility index (Phi) is 4.59. The number of nitrogens with zero attached hydrogens (tertiary/aromatic N) is 3. The van der Waals surface area contributed by atoms with Crippen LogP contribution in [0.15, 0.2) is 11.4 Å². The Morgan fingerprint density at radius 1 is 1.43 bits per heavy atom. The van der Waals surface area contributed by atoms with E-state index in [4.69, 9.17) is 5.73 Å². The van der Waals surface area contributed by atoms with Gasteiger partial charge >= 0.3 is 0 Å². The number of piperazine rings is 1. The van der Waals surface area contributed by atoms with Gasteiger partial charge in [0.05, 0.1) is 6.54 Å². The maximum atomic E-state index is 12.6. The first-order valence-electron chi connectivity index (χ1n) is 7.63. The molecule has 1 saturated heterocycles. The van der Waals surface area contributed by atoms with Gasteiger partial charge in [0.15, 0.2) is 0 Å². The summed E-state index contributed by atoms with van der Waals surface area (Å²) in [6, 6.07) is 2.45. The van der Waals surface area contributed by atoms with Crippen LogP contribution in [0.25, 0.3) is 0 Å². The van der Waals surface area contributed by atoms with Crippen molar-refractivity contribution in [2.45, 2.75) is 19.0 Å². The molecule has 1 unspecified atom stereocenters. The van der Waals surface area contributed by atoms with E-state index in [1.807, 2.05) is 16.2 Å². The summed E-state index contributed by atoms with van der Waals surface area (Å²) < 4.78 is 0. The van der Waals surface area contributed by atoms with Gasteiger partial charge in [-0.25, -0.2) is 0 Å². The first-order valence-corrected chi connectivity index (χ1v) is 8.51. The molecule has 1 atom stereocenters. The molecule has 3 heterocycles.